The Hall–Kier alpha value is -1.75. The molecule has 1 aromatic carbocycles. The first-order valence-electron chi connectivity index (χ1n) is 6.45. The smallest absolute Gasteiger partial charge is 0.159 e. The van der Waals surface area contributed by atoms with Gasteiger partial charge in [0, 0.05) is 17.2 Å². The zero-order chi connectivity index (χ0) is 13.2. The lowest BCUT2D eigenvalue weighted by molar-refractivity contribution is 0.453. The third-order valence-corrected chi connectivity index (χ3v) is 3.59. The van der Waals surface area contributed by atoms with Crippen molar-refractivity contribution in [3.8, 4) is 11.3 Å². The van der Waals surface area contributed by atoms with Crippen LogP contribution in [0.3, 0.4) is 0 Å². The average molecular weight is 263 g/mol. The highest BCUT2D eigenvalue weighted by atomic mass is 19.2. The molecule has 0 bridgehead atoms. The van der Waals surface area contributed by atoms with Crippen LogP contribution in [0.2, 0.25) is 0 Å². The van der Waals surface area contributed by atoms with Gasteiger partial charge in [0.1, 0.15) is 0 Å². The molecule has 3 nitrogen and oxygen atoms in total. The van der Waals surface area contributed by atoms with Crippen molar-refractivity contribution in [1.82, 2.24) is 15.5 Å². The zero-order valence-corrected chi connectivity index (χ0v) is 10.4. The van der Waals surface area contributed by atoms with E-state index in [2.05, 4.69) is 15.5 Å². The molecule has 2 heterocycles. The van der Waals surface area contributed by atoms with Gasteiger partial charge in [0.15, 0.2) is 11.6 Å². The average Bonchev–Trinajstić information content (AvgIpc) is 2.93. The Balaban J connectivity index is 1.85. The molecule has 0 atom stereocenters. The molecule has 1 aliphatic rings. The third kappa shape index (κ3) is 2.51. The van der Waals surface area contributed by atoms with E-state index in [-0.39, 0.29) is 0 Å². The summed E-state index contributed by atoms with van der Waals surface area (Å²) in [6.45, 7) is 2.01. The van der Waals surface area contributed by atoms with Gasteiger partial charge < -0.3 is 5.32 Å². The Kier molecular flexibility index (Phi) is 3.29. The molecule has 1 aliphatic heterocycles. The lowest BCUT2D eigenvalue weighted by Gasteiger charge is -2.20. The summed E-state index contributed by atoms with van der Waals surface area (Å²) in [6, 6.07) is 5.78. The molecule has 2 N–H and O–H groups in total. The fourth-order valence-electron chi connectivity index (χ4n) is 2.48. The predicted molar refractivity (Wildman–Crippen MR) is 68.8 cm³/mol. The number of hydrogen-bond donors (Lipinski definition) is 2. The van der Waals surface area contributed by atoms with E-state index in [0.717, 1.165) is 37.7 Å². The SMILES string of the molecule is Fc1ccc(-c2cc(C3CCNCC3)[nH]n2)cc1F. The monoisotopic (exact) mass is 263 g/mol. The summed E-state index contributed by atoms with van der Waals surface area (Å²) in [7, 11) is 0. The number of nitrogens with zero attached hydrogens (tertiary/aromatic N) is 1. The lowest BCUT2D eigenvalue weighted by Crippen LogP contribution is -2.26. The van der Waals surface area contributed by atoms with Crippen molar-refractivity contribution in [2.75, 3.05) is 13.1 Å². The summed E-state index contributed by atoms with van der Waals surface area (Å²) in [5, 5.41) is 10.5. The van der Waals surface area contributed by atoms with Gasteiger partial charge in [-0.2, -0.15) is 5.10 Å². The Morgan fingerprint density at radius 2 is 1.84 bits per heavy atom. The first-order valence-corrected chi connectivity index (χ1v) is 6.45. The fraction of sp³-hybridized carbons (Fsp3) is 0.357. The van der Waals surface area contributed by atoms with E-state index < -0.39 is 11.6 Å². The van der Waals surface area contributed by atoms with Crippen LogP contribution in [0.5, 0.6) is 0 Å². The van der Waals surface area contributed by atoms with E-state index in [1.54, 1.807) is 6.07 Å². The lowest BCUT2D eigenvalue weighted by atomic mass is 9.94. The molecule has 100 valence electrons. The summed E-state index contributed by atoms with van der Waals surface area (Å²) < 4.78 is 26.1. The molecule has 0 amide bonds. The maximum atomic E-state index is 13.2. The number of benzene rings is 1. The van der Waals surface area contributed by atoms with E-state index in [1.165, 1.54) is 6.07 Å². The van der Waals surface area contributed by atoms with Gasteiger partial charge in [-0.1, -0.05) is 0 Å². The van der Waals surface area contributed by atoms with Gasteiger partial charge in [0.05, 0.1) is 5.69 Å². The van der Waals surface area contributed by atoms with Gasteiger partial charge in [0.25, 0.3) is 0 Å². The minimum absolute atomic E-state index is 0.466. The molecule has 2 aromatic rings. The van der Waals surface area contributed by atoms with Crippen molar-refractivity contribution in [3.63, 3.8) is 0 Å². The number of aromatic amines is 1. The Labute approximate surface area is 110 Å². The second-order valence-electron chi connectivity index (χ2n) is 4.86. The second kappa shape index (κ2) is 5.09. The number of hydrogen-bond acceptors (Lipinski definition) is 2. The summed E-state index contributed by atoms with van der Waals surface area (Å²) in [5.41, 5.74) is 2.32. The Bertz CT molecular complexity index is 574. The molecular weight excluding hydrogens is 248 g/mol. The summed E-state index contributed by atoms with van der Waals surface area (Å²) >= 11 is 0. The number of nitrogens with one attached hydrogen (secondary N) is 2. The van der Waals surface area contributed by atoms with E-state index >= 15 is 0 Å². The second-order valence-corrected chi connectivity index (χ2v) is 4.86. The summed E-state index contributed by atoms with van der Waals surface area (Å²) in [4.78, 5) is 0. The molecular formula is C14H15F2N3. The van der Waals surface area contributed by atoms with Crippen LogP contribution < -0.4 is 5.32 Å². The van der Waals surface area contributed by atoms with Gasteiger partial charge in [-0.25, -0.2) is 8.78 Å². The number of aromatic nitrogens is 2. The van der Waals surface area contributed by atoms with Crippen molar-refractivity contribution in [1.29, 1.82) is 0 Å². The predicted octanol–water partition coefficient (Wildman–Crippen LogP) is 2.82. The highest BCUT2D eigenvalue weighted by Gasteiger charge is 2.18. The van der Waals surface area contributed by atoms with Gasteiger partial charge in [-0.05, 0) is 50.2 Å². The first kappa shape index (κ1) is 12.3. The molecule has 1 aromatic heterocycles. The molecule has 0 saturated carbocycles. The molecule has 5 heteroatoms. The number of rotatable bonds is 2. The highest BCUT2D eigenvalue weighted by molar-refractivity contribution is 5.59. The maximum absolute atomic E-state index is 13.2. The molecule has 1 saturated heterocycles. The summed E-state index contributed by atoms with van der Waals surface area (Å²) in [5.74, 6) is -1.21. The van der Waals surface area contributed by atoms with Crippen LogP contribution >= 0.6 is 0 Å². The molecule has 0 aliphatic carbocycles. The van der Waals surface area contributed by atoms with Crippen LogP contribution in [0.1, 0.15) is 24.5 Å². The van der Waals surface area contributed by atoms with Gasteiger partial charge in [0.2, 0.25) is 0 Å². The maximum Gasteiger partial charge on any atom is 0.159 e. The fourth-order valence-corrected chi connectivity index (χ4v) is 2.48. The van der Waals surface area contributed by atoms with Crippen molar-refractivity contribution >= 4 is 0 Å². The third-order valence-electron chi connectivity index (χ3n) is 3.59. The summed E-state index contributed by atoms with van der Waals surface area (Å²) in [6.07, 6.45) is 2.14. The van der Waals surface area contributed by atoms with Crippen molar-refractivity contribution < 1.29 is 8.78 Å². The van der Waals surface area contributed by atoms with Crippen molar-refractivity contribution in [2.24, 2.45) is 0 Å². The zero-order valence-electron chi connectivity index (χ0n) is 10.4. The van der Waals surface area contributed by atoms with Gasteiger partial charge in [-0.15, -0.1) is 0 Å². The van der Waals surface area contributed by atoms with Crippen LogP contribution in [0.25, 0.3) is 11.3 Å². The standard InChI is InChI=1S/C14H15F2N3/c15-11-2-1-10(7-12(11)16)14-8-13(18-19-14)9-3-5-17-6-4-9/h1-2,7-9,17H,3-6H2,(H,18,19). The Morgan fingerprint density at radius 1 is 1.05 bits per heavy atom. The van der Waals surface area contributed by atoms with Crippen LogP contribution in [0.15, 0.2) is 24.3 Å². The first-order chi connectivity index (χ1) is 9.24. The molecule has 1 fully saturated rings. The largest absolute Gasteiger partial charge is 0.317 e. The van der Waals surface area contributed by atoms with Crippen LogP contribution in [0, 0.1) is 11.6 Å². The molecule has 19 heavy (non-hydrogen) atoms. The van der Waals surface area contributed by atoms with Crippen LogP contribution in [-0.2, 0) is 0 Å². The highest BCUT2D eigenvalue weighted by Crippen LogP contribution is 2.27. The minimum Gasteiger partial charge on any atom is -0.317 e. The van der Waals surface area contributed by atoms with Gasteiger partial charge >= 0.3 is 0 Å². The van der Waals surface area contributed by atoms with Crippen LogP contribution in [0.4, 0.5) is 8.78 Å². The Morgan fingerprint density at radius 3 is 2.58 bits per heavy atom. The quantitative estimate of drug-likeness (QED) is 0.874. The molecule has 0 spiro atoms. The van der Waals surface area contributed by atoms with Gasteiger partial charge in [-0.3, -0.25) is 5.10 Å². The van der Waals surface area contributed by atoms with Crippen LogP contribution in [-0.4, -0.2) is 23.3 Å². The molecule has 3 rings (SSSR count). The van der Waals surface area contributed by atoms with Crippen molar-refractivity contribution in [2.45, 2.75) is 18.8 Å². The normalized spacial score (nSPS) is 16.7. The minimum atomic E-state index is -0.844. The molecule has 0 radical (unpaired) electrons. The molecule has 0 unspecified atom stereocenters. The van der Waals surface area contributed by atoms with E-state index in [4.69, 9.17) is 0 Å². The van der Waals surface area contributed by atoms with E-state index in [9.17, 15) is 8.78 Å². The number of piperidine rings is 1. The number of halogens is 2. The van der Waals surface area contributed by atoms with E-state index in [1.807, 2.05) is 6.07 Å². The van der Waals surface area contributed by atoms with Crippen molar-refractivity contribution in [3.05, 3.63) is 41.6 Å². The number of H-pyrrole nitrogens is 1. The topological polar surface area (TPSA) is 40.7 Å². The van der Waals surface area contributed by atoms with E-state index in [0.29, 0.717) is 17.2 Å².